The molecule has 0 saturated carbocycles. The van der Waals surface area contributed by atoms with E-state index in [0.29, 0.717) is 18.6 Å². The average molecular weight is 377 g/mol. The van der Waals surface area contributed by atoms with Gasteiger partial charge in [0.25, 0.3) is 0 Å². The second-order valence-corrected chi connectivity index (χ2v) is 7.79. The zero-order chi connectivity index (χ0) is 19.8. The highest BCUT2D eigenvalue weighted by molar-refractivity contribution is 5.74. The molecular formula is C21H36N4O2. The van der Waals surface area contributed by atoms with Gasteiger partial charge in [0.15, 0.2) is 0 Å². The number of para-hydroxylation sites is 1. The number of methoxy groups -OCH3 is 1. The van der Waals surface area contributed by atoms with E-state index in [0.717, 1.165) is 50.3 Å². The monoisotopic (exact) mass is 376 g/mol. The molecule has 1 aliphatic heterocycles. The SMILES string of the molecule is COc1ccccc1CCNC(=O)N1CC(C)N(CCCN(C)C)C(C)C1. The molecular weight excluding hydrogens is 340 g/mol. The van der Waals surface area contributed by atoms with Crippen LogP contribution in [0.1, 0.15) is 25.8 Å². The molecule has 2 unspecified atom stereocenters. The summed E-state index contributed by atoms with van der Waals surface area (Å²) >= 11 is 0. The molecule has 2 atom stereocenters. The van der Waals surface area contributed by atoms with Gasteiger partial charge in [-0.2, -0.15) is 0 Å². The molecule has 6 nitrogen and oxygen atoms in total. The molecule has 1 aliphatic rings. The van der Waals surface area contributed by atoms with Crippen molar-refractivity contribution in [3.05, 3.63) is 29.8 Å². The van der Waals surface area contributed by atoms with Gasteiger partial charge in [-0.25, -0.2) is 4.79 Å². The Morgan fingerprint density at radius 2 is 1.89 bits per heavy atom. The number of hydrogen-bond donors (Lipinski definition) is 1. The van der Waals surface area contributed by atoms with Gasteiger partial charge in [0.05, 0.1) is 7.11 Å². The molecule has 2 rings (SSSR count). The van der Waals surface area contributed by atoms with Crippen LogP contribution in [0.15, 0.2) is 24.3 Å². The van der Waals surface area contributed by atoms with E-state index in [9.17, 15) is 4.79 Å². The van der Waals surface area contributed by atoms with Crippen LogP contribution in [0.3, 0.4) is 0 Å². The zero-order valence-corrected chi connectivity index (χ0v) is 17.6. The van der Waals surface area contributed by atoms with Crippen molar-refractivity contribution in [2.75, 3.05) is 53.9 Å². The summed E-state index contributed by atoms with van der Waals surface area (Å²) in [5.74, 6) is 0.875. The van der Waals surface area contributed by atoms with Crippen LogP contribution in [0.5, 0.6) is 5.75 Å². The number of nitrogens with zero attached hydrogens (tertiary/aromatic N) is 3. The lowest BCUT2D eigenvalue weighted by Gasteiger charge is -2.44. The Morgan fingerprint density at radius 3 is 2.52 bits per heavy atom. The van der Waals surface area contributed by atoms with E-state index in [1.165, 1.54) is 0 Å². The Labute approximate surface area is 164 Å². The summed E-state index contributed by atoms with van der Waals surface area (Å²) in [7, 11) is 5.90. The predicted octanol–water partition coefficient (Wildman–Crippen LogP) is 2.29. The summed E-state index contributed by atoms with van der Waals surface area (Å²) < 4.78 is 5.37. The molecule has 1 aromatic rings. The highest BCUT2D eigenvalue weighted by Crippen LogP contribution is 2.18. The van der Waals surface area contributed by atoms with Crippen LogP contribution in [0.25, 0.3) is 0 Å². The van der Waals surface area contributed by atoms with Crippen LogP contribution < -0.4 is 10.1 Å². The van der Waals surface area contributed by atoms with Crippen LogP contribution >= 0.6 is 0 Å². The average Bonchev–Trinajstić information content (AvgIpc) is 2.63. The van der Waals surface area contributed by atoms with Crippen molar-refractivity contribution in [1.82, 2.24) is 20.0 Å². The van der Waals surface area contributed by atoms with E-state index >= 15 is 0 Å². The highest BCUT2D eigenvalue weighted by Gasteiger charge is 2.31. The smallest absolute Gasteiger partial charge is 0.317 e. The number of ether oxygens (including phenoxy) is 1. The van der Waals surface area contributed by atoms with Crippen LogP contribution in [0.2, 0.25) is 0 Å². The molecule has 2 amide bonds. The molecule has 152 valence electrons. The summed E-state index contributed by atoms with van der Waals surface area (Å²) in [6.45, 7) is 8.82. The molecule has 0 bridgehead atoms. The standard InChI is InChI=1S/C21H36N4O2/c1-17-15-24(16-18(2)25(17)14-8-13-23(3)4)21(26)22-12-11-19-9-6-7-10-20(19)27-5/h6-7,9-10,17-18H,8,11-16H2,1-5H3,(H,22,26). The number of carbonyl (C=O) groups excluding carboxylic acids is 1. The van der Waals surface area contributed by atoms with Gasteiger partial charge >= 0.3 is 6.03 Å². The number of benzene rings is 1. The van der Waals surface area contributed by atoms with Crippen molar-refractivity contribution in [2.24, 2.45) is 0 Å². The van der Waals surface area contributed by atoms with Crippen molar-refractivity contribution in [3.8, 4) is 5.75 Å². The van der Waals surface area contributed by atoms with Gasteiger partial charge in [-0.3, -0.25) is 4.90 Å². The summed E-state index contributed by atoms with van der Waals surface area (Å²) in [5, 5.41) is 3.07. The maximum absolute atomic E-state index is 12.6. The van der Waals surface area contributed by atoms with E-state index in [2.05, 4.69) is 43.1 Å². The minimum absolute atomic E-state index is 0.0385. The van der Waals surface area contributed by atoms with Crippen molar-refractivity contribution in [2.45, 2.75) is 38.8 Å². The summed E-state index contributed by atoms with van der Waals surface area (Å²) in [4.78, 5) is 19.3. The quantitative estimate of drug-likeness (QED) is 0.756. The molecule has 0 aromatic heterocycles. The Hall–Kier alpha value is -1.79. The number of carbonyl (C=O) groups is 1. The molecule has 27 heavy (non-hydrogen) atoms. The minimum atomic E-state index is 0.0385. The van der Waals surface area contributed by atoms with Crippen LogP contribution in [-0.2, 0) is 6.42 Å². The van der Waals surface area contributed by atoms with E-state index in [1.54, 1.807) is 7.11 Å². The maximum atomic E-state index is 12.6. The molecule has 0 radical (unpaired) electrons. The van der Waals surface area contributed by atoms with Gasteiger partial charge in [-0.05, 0) is 59.0 Å². The number of rotatable bonds is 8. The third kappa shape index (κ3) is 6.40. The normalized spacial score (nSPS) is 20.7. The Bertz CT molecular complexity index is 581. The predicted molar refractivity (Wildman–Crippen MR) is 110 cm³/mol. The van der Waals surface area contributed by atoms with E-state index < -0.39 is 0 Å². The molecule has 6 heteroatoms. The Balaban J connectivity index is 1.78. The largest absolute Gasteiger partial charge is 0.496 e. The number of nitrogens with one attached hydrogen (secondary N) is 1. The van der Waals surface area contributed by atoms with Crippen molar-refractivity contribution < 1.29 is 9.53 Å². The number of hydrogen-bond acceptors (Lipinski definition) is 4. The molecule has 0 spiro atoms. The third-order valence-corrected chi connectivity index (χ3v) is 5.27. The summed E-state index contributed by atoms with van der Waals surface area (Å²) in [5.41, 5.74) is 1.12. The van der Waals surface area contributed by atoms with Gasteiger partial charge in [0, 0.05) is 38.3 Å². The lowest BCUT2D eigenvalue weighted by atomic mass is 10.1. The first-order valence-corrected chi connectivity index (χ1v) is 9.97. The first kappa shape index (κ1) is 21.5. The van der Waals surface area contributed by atoms with E-state index in [4.69, 9.17) is 4.74 Å². The van der Waals surface area contributed by atoms with Gasteiger partial charge in [0.2, 0.25) is 0 Å². The fraction of sp³-hybridized carbons (Fsp3) is 0.667. The second kappa shape index (κ2) is 10.5. The van der Waals surface area contributed by atoms with Crippen LogP contribution in [-0.4, -0.2) is 86.7 Å². The fourth-order valence-electron chi connectivity index (χ4n) is 3.86. The molecule has 1 aromatic carbocycles. The van der Waals surface area contributed by atoms with E-state index in [1.807, 2.05) is 29.2 Å². The van der Waals surface area contributed by atoms with Crippen molar-refractivity contribution in [3.63, 3.8) is 0 Å². The number of urea groups is 1. The van der Waals surface area contributed by atoms with Gasteiger partial charge in [0.1, 0.15) is 5.75 Å². The van der Waals surface area contributed by atoms with E-state index in [-0.39, 0.29) is 6.03 Å². The lowest BCUT2D eigenvalue weighted by Crippen LogP contribution is -2.60. The lowest BCUT2D eigenvalue weighted by molar-refractivity contribution is 0.0532. The maximum Gasteiger partial charge on any atom is 0.317 e. The first-order chi connectivity index (χ1) is 12.9. The number of amides is 2. The van der Waals surface area contributed by atoms with Crippen LogP contribution in [0, 0.1) is 0 Å². The topological polar surface area (TPSA) is 48.1 Å². The first-order valence-electron chi connectivity index (χ1n) is 9.97. The van der Waals surface area contributed by atoms with Gasteiger partial charge < -0.3 is 19.9 Å². The van der Waals surface area contributed by atoms with Gasteiger partial charge in [-0.1, -0.05) is 18.2 Å². The zero-order valence-electron chi connectivity index (χ0n) is 17.6. The molecule has 0 aliphatic carbocycles. The van der Waals surface area contributed by atoms with Crippen molar-refractivity contribution in [1.29, 1.82) is 0 Å². The minimum Gasteiger partial charge on any atom is -0.496 e. The Morgan fingerprint density at radius 1 is 1.22 bits per heavy atom. The summed E-state index contributed by atoms with van der Waals surface area (Å²) in [6, 6.07) is 8.76. The number of piperazine rings is 1. The second-order valence-electron chi connectivity index (χ2n) is 7.79. The Kier molecular flexibility index (Phi) is 8.38. The molecule has 1 N–H and O–H groups in total. The molecule has 1 heterocycles. The third-order valence-electron chi connectivity index (χ3n) is 5.27. The fourth-order valence-corrected chi connectivity index (χ4v) is 3.86. The van der Waals surface area contributed by atoms with Crippen LogP contribution in [0.4, 0.5) is 4.79 Å². The van der Waals surface area contributed by atoms with Crippen molar-refractivity contribution >= 4 is 6.03 Å². The molecule has 1 fully saturated rings. The highest BCUT2D eigenvalue weighted by atomic mass is 16.5. The summed E-state index contributed by atoms with van der Waals surface area (Å²) in [6.07, 6.45) is 1.93. The van der Waals surface area contributed by atoms with Gasteiger partial charge in [-0.15, -0.1) is 0 Å². The molecule has 1 saturated heterocycles.